The summed E-state index contributed by atoms with van der Waals surface area (Å²) in [4.78, 5) is 14.6. The summed E-state index contributed by atoms with van der Waals surface area (Å²) in [6.07, 6.45) is 19.6. The lowest BCUT2D eigenvalue weighted by Gasteiger charge is -2.03. The molecule has 4 aromatic rings. The lowest BCUT2D eigenvalue weighted by molar-refractivity contribution is 0.632. The predicted molar refractivity (Wildman–Crippen MR) is 159 cm³/mol. The van der Waals surface area contributed by atoms with Crippen molar-refractivity contribution in [1.29, 1.82) is 0 Å². The molecule has 4 aromatic heterocycles. The largest absolute Gasteiger partial charge is 0.255 e. The minimum absolute atomic E-state index is 1.07. The van der Waals surface area contributed by atoms with Crippen molar-refractivity contribution in [3.05, 3.63) is 72.1 Å². The average molecular weight is 517 g/mol. The Kier molecular flexibility index (Phi) is 10.7. The fourth-order valence-electron chi connectivity index (χ4n) is 4.52. The third-order valence-corrected chi connectivity index (χ3v) is 9.16. The highest BCUT2D eigenvalue weighted by molar-refractivity contribution is 7.25. The van der Waals surface area contributed by atoms with Crippen LogP contribution in [-0.4, -0.2) is 9.97 Å². The van der Waals surface area contributed by atoms with E-state index in [1.54, 1.807) is 0 Å². The van der Waals surface area contributed by atoms with Gasteiger partial charge in [-0.15, -0.1) is 22.7 Å². The molecule has 0 aliphatic carbocycles. The first-order valence-corrected chi connectivity index (χ1v) is 15.5. The quantitative estimate of drug-likeness (QED) is 0.147. The van der Waals surface area contributed by atoms with Gasteiger partial charge in [0.1, 0.15) is 0 Å². The van der Waals surface area contributed by atoms with Crippen LogP contribution in [0.2, 0.25) is 0 Å². The van der Waals surface area contributed by atoms with E-state index < -0.39 is 0 Å². The van der Waals surface area contributed by atoms with Crippen molar-refractivity contribution >= 4 is 22.7 Å². The van der Waals surface area contributed by atoms with E-state index in [1.165, 1.54) is 94.8 Å². The SMILES string of the molecule is CCCCCCCc1ccc(-c2ccc(-c3ccc(-c4ccc(CCCCCCC)cn4)s3)s2)nc1. The minimum Gasteiger partial charge on any atom is -0.255 e. The van der Waals surface area contributed by atoms with Crippen LogP contribution in [0, 0.1) is 0 Å². The van der Waals surface area contributed by atoms with Crippen LogP contribution >= 0.6 is 22.7 Å². The van der Waals surface area contributed by atoms with Crippen LogP contribution in [-0.2, 0) is 12.8 Å². The second kappa shape index (κ2) is 14.4. The highest BCUT2D eigenvalue weighted by Crippen LogP contribution is 2.39. The van der Waals surface area contributed by atoms with Crippen LogP contribution in [0.4, 0.5) is 0 Å². The van der Waals surface area contributed by atoms with E-state index in [4.69, 9.17) is 9.97 Å². The van der Waals surface area contributed by atoms with E-state index in [0.717, 1.165) is 24.2 Å². The second-order valence-electron chi connectivity index (χ2n) is 9.76. The Morgan fingerprint density at radius 3 is 1.28 bits per heavy atom. The molecule has 0 saturated carbocycles. The molecule has 0 aromatic carbocycles. The number of unbranched alkanes of at least 4 members (excludes halogenated alkanes) is 8. The van der Waals surface area contributed by atoms with Gasteiger partial charge in [-0.1, -0.05) is 77.3 Å². The van der Waals surface area contributed by atoms with Crippen molar-refractivity contribution in [3.63, 3.8) is 0 Å². The van der Waals surface area contributed by atoms with Gasteiger partial charge in [0, 0.05) is 22.1 Å². The van der Waals surface area contributed by atoms with E-state index in [1.807, 2.05) is 22.7 Å². The van der Waals surface area contributed by atoms with Gasteiger partial charge in [-0.05, 0) is 73.2 Å². The molecule has 4 heteroatoms. The zero-order chi connectivity index (χ0) is 25.0. The lowest BCUT2D eigenvalue weighted by atomic mass is 10.1. The van der Waals surface area contributed by atoms with Crippen molar-refractivity contribution in [2.24, 2.45) is 0 Å². The average Bonchev–Trinajstić information content (AvgIpc) is 3.60. The van der Waals surface area contributed by atoms with Gasteiger partial charge in [-0.2, -0.15) is 0 Å². The maximum Gasteiger partial charge on any atom is 0.0802 e. The Labute approximate surface area is 225 Å². The standard InChI is InChI=1S/C32H40N2S2/c1-3-5-7-9-11-13-25-15-17-27(33-23-25)29-19-21-31(35-29)32-22-20-30(36-32)28-18-16-26(24-34-28)14-12-10-8-6-4-2/h15-24H,3-14H2,1-2H3. The summed E-state index contributed by atoms with van der Waals surface area (Å²) in [6.45, 7) is 4.53. The monoisotopic (exact) mass is 516 g/mol. The van der Waals surface area contributed by atoms with E-state index in [2.05, 4.69) is 74.8 Å². The molecule has 190 valence electrons. The number of hydrogen-bond acceptors (Lipinski definition) is 4. The Morgan fingerprint density at radius 1 is 0.472 bits per heavy atom. The normalized spacial score (nSPS) is 11.3. The number of thiophene rings is 2. The lowest BCUT2D eigenvalue weighted by Crippen LogP contribution is -1.88. The third kappa shape index (κ3) is 7.85. The molecule has 0 radical (unpaired) electrons. The molecule has 4 rings (SSSR count). The summed E-state index contributed by atoms with van der Waals surface area (Å²) in [6, 6.07) is 17.8. The molecule has 0 N–H and O–H groups in total. The molecular weight excluding hydrogens is 477 g/mol. The molecular formula is C32H40N2S2. The number of rotatable bonds is 15. The summed E-state index contributed by atoms with van der Waals surface area (Å²) in [5, 5.41) is 0. The predicted octanol–water partition coefficient (Wildman–Crippen LogP) is 10.6. The zero-order valence-corrected chi connectivity index (χ0v) is 23.6. The molecule has 2 nitrogen and oxygen atoms in total. The Morgan fingerprint density at radius 2 is 0.889 bits per heavy atom. The first-order valence-electron chi connectivity index (χ1n) is 13.9. The van der Waals surface area contributed by atoms with Gasteiger partial charge in [0.15, 0.2) is 0 Å². The third-order valence-electron chi connectivity index (χ3n) is 6.75. The Balaban J connectivity index is 1.32. The van der Waals surface area contributed by atoms with Gasteiger partial charge < -0.3 is 0 Å². The Bertz CT molecular complexity index is 1060. The fraction of sp³-hybridized carbons (Fsp3) is 0.438. The van der Waals surface area contributed by atoms with Crippen LogP contribution in [0.3, 0.4) is 0 Å². The van der Waals surface area contributed by atoms with Gasteiger partial charge in [0.05, 0.1) is 21.1 Å². The van der Waals surface area contributed by atoms with Crippen molar-refractivity contribution in [1.82, 2.24) is 9.97 Å². The van der Waals surface area contributed by atoms with Crippen LogP contribution in [0.25, 0.3) is 30.9 Å². The maximum atomic E-state index is 4.77. The smallest absolute Gasteiger partial charge is 0.0802 e. The number of aryl methyl sites for hydroxylation is 2. The number of pyridine rings is 2. The van der Waals surface area contributed by atoms with Gasteiger partial charge in [0.2, 0.25) is 0 Å². The number of hydrogen-bond donors (Lipinski definition) is 0. The van der Waals surface area contributed by atoms with Gasteiger partial charge in [-0.3, -0.25) is 9.97 Å². The van der Waals surface area contributed by atoms with Crippen molar-refractivity contribution < 1.29 is 0 Å². The second-order valence-corrected chi connectivity index (χ2v) is 11.9. The van der Waals surface area contributed by atoms with E-state index >= 15 is 0 Å². The van der Waals surface area contributed by atoms with Crippen molar-refractivity contribution in [2.75, 3.05) is 0 Å². The zero-order valence-electron chi connectivity index (χ0n) is 22.0. The molecule has 0 aliphatic heterocycles. The molecule has 0 amide bonds. The molecule has 4 heterocycles. The van der Waals surface area contributed by atoms with Crippen LogP contribution in [0.1, 0.15) is 89.2 Å². The molecule has 0 atom stereocenters. The molecule has 0 unspecified atom stereocenters. The molecule has 0 bridgehead atoms. The Hall–Kier alpha value is -2.30. The molecule has 0 aliphatic rings. The summed E-state index contributed by atoms with van der Waals surface area (Å²) in [5.74, 6) is 0. The van der Waals surface area contributed by atoms with Gasteiger partial charge in [0.25, 0.3) is 0 Å². The number of aromatic nitrogens is 2. The molecule has 0 fully saturated rings. The first kappa shape index (κ1) is 26.8. The van der Waals surface area contributed by atoms with Gasteiger partial charge >= 0.3 is 0 Å². The molecule has 0 spiro atoms. The highest BCUT2D eigenvalue weighted by Gasteiger charge is 2.10. The minimum atomic E-state index is 1.07. The molecule has 0 saturated heterocycles. The van der Waals surface area contributed by atoms with E-state index in [9.17, 15) is 0 Å². The van der Waals surface area contributed by atoms with E-state index in [-0.39, 0.29) is 0 Å². The highest BCUT2D eigenvalue weighted by atomic mass is 32.1. The first-order chi connectivity index (χ1) is 17.8. The summed E-state index contributed by atoms with van der Waals surface area (Å²) in [7, 11) is 0. The topological polar surface area (TPSA) is 25.8 Å². The molecule has 36 heavy (non-hydrogen) atoms. The van der Waals surface area contributed by atoms with Crippen molar-refractivity contribution in [3.8, 4) is 30.9 Å². The maximum absolute atomic E-state index is 4.77. The summed E-state index contributed by atoms with van der Waals surface area (Å²) in [5.41, 5.74) is 4.85. The van der Waals surface area contributed by atoms with Crippen LogP contribution in [0.5, 0.6) is 0 Å². The summed E-state index contributed by atoms with van der Waals surface area (Å²) < 4.78 is 0. The van der Waals surface area contributed by atoms with E-state index in [0.29, 0.717) is 0 Å². The van der Waals surface area contributed by atoms with Crippen LogP contribution in [0.15, 0.2) is 60.9 Å². The summed E-state index contributed by atoms with van der Waals surface area (Å²) >= 11 is 3.65. The van der Waals surface area contributed by atoms with Gasteiger partial charge in [-0.25, -0.2) is 0 Å². The number of nitrogens with zero attached hydrogens (tertiary/aromatic N) is 2. The fourth-order valence-corrected chi connectivity index (χ4v) is 6.57. The van der Waals surface area contributed by atoms with Crippen LogP contribution < -0.4 is 0 Å². The van der Waals surface area contributed by atoms with Crippen molar-refractivity contribution in [2.45, 2.75) is 90.9 Å².